The molecule has 0 saturated carbocycles. The van der Waals surface area contributed by atoms with Crippen LogP contribution in [0.15, 0.2) is 22.6 Å². The number of hydrogen-bond acceptors (Lipinski definition) is 6. The summed E-state index contributed by atoms with van der Waals surface area (Å²) in [6.45, 7) is 0.193. The summed E-state index contributed by atoms with van der Waals surface area (Å²) in [7, 11) is 0. The van der Waals surface area contributed by atoms with Gasteiger partial charge in [0.25, 0.3) is 5.89 Å². The van der Waals surface area contributed by atoms with Gasteiger partial charge in [-0.2, -0.15) is 0 Å². The Morgan fingerprint density at radius 1 is 1.28 bits per heavy atom. The molecule has 3 rings (SSSR count). The molecule has 0 aliphatic carbocycles. The lowest BCUT2D eigenvalue weighted by atomic mass is 10.2. The van der Waals surface area contributed by atoms with E-state index >= 15 is 0 Å². The molecular weight excluding hydrogens is 260 g/mol. The normalized spacial score (nSPS) is 12.7. The van der Waals surface area contributed by atoms with E-state index in [1.165, 1.54) is 0 Å². The number of hydrogen-bond donors (Lipinski definition) is 0. The molecule has 0 amide bonds. The van der Waals surface area contributed by atoms with Crippen molar-refractivity contribution in [1.82, 2.24) is 10.2 Å². The summed E-state index contributed by atoms with van der Waals surface area (Å²) in [5, 5.41) is 7.42. The van der Waals surface area contributed by atoms with E-state index in [9.17, 15) is 4.79 Å². The zero-order valence-electron chi connectivity index (χ0n) is 9.05. The van der Waals surface area contributed by atoms with Crippen LogP contribution in [-0.4, -0.2) is 28.7 Å². The highest BCUT2D eigenvalue weighted by Crippen LogP contribution is 2.35. The molecule has 7 heteroatoms. The highest BCUT2D eigenvalue weighted by Gasteiger charge is 2.18. The fourth-order valence-corrected chi connectivity index (χ4v) is 1.65. The molecule has 1 aliphatic heterocycles. The zero-order valence-corrected chi connectivity index (χ0v) is 9.81. The van der Waals surface area contributed by atoms with Gasteiger partial charge in [0.2, 0.25) is 18.5 Å². The van der Waals surface area contributed by atoms with Crippen molar-refractivity contribution in [3.63, 3.8) is 0 Å². The van der Waals surface area contributed by atoms with E-state index in [4.69, 9.17) is 25.5 Å². The second-order valence-electron chi connectivity index (χ2n) is 3.54. The molecule has 2 heterocycles. The van der Waals surface area contributed by atoms with E-state index in [-0.39, 0.29) is 24.5 Å². The molecule has 0 bridgehead atoms. The highest BCUT2D eigenvalue weighted by molar-refractivity contribution is 6.29. The third-order valence-electron chi connectivity index (χ3n) is 2.40. The fraction of sp³-hybridized carbons (Fsp3) is 0.182. The molecule has 0 radical (unpaired) electrons. The quantitative estimate of drug-likeness (QED) is 0.624. The molecule has 2 aromatic rings. The van der Waals surface area contributed by atoms with Gasteiger partial charge in [0.15, 0.2) is 11.5 Å². The average molecular weight is 267 g/mol. The standard InChI is InChI=1S/C11H7ClN2O4/c12-4-7(15)11-14-13-10(18-11)6-1-2-8-9(3-6)17-5-16-8/h1-3H,4-5H2. The molecule has 18 heavy (non-hydrogen) atoms. The number of ether oxygens (including phenoxy) is 2. The van der Waals surface area contributed by atoms with Crippen molar-refractivity contribution in [1.29, 1.82) is 0 Å². The predicted octanol–water partition coefficient (Wildman–Crippen LogP) is 1.89. The Labute approximate surface area is 106 Å². The van der Waals surface area contributed by atoms with E-state index in [1.54, 1.807) is 18.2 Å². The van der Waals surface area contributed by atoms with Gasteiger partial charge >= 0.3 is 0 Å². The van der Waals surface area contributed by atoms with Crippen LogP contribution in [0.4, 0.5) is 0 Å². The lowest BCUT2D eigenvalue weighted by Crippen LogP contribution is -1.99. The van der Waals surface area contributed by atoms with Crippen LogP contribution in [0.2, 0.25) is 0 Å². The molecule has 0 unspecified atom stereocenters. The van der Waals surface area contributed by atoms with Crippen molar-refractivity contribution < 1.29 is 18.7 Å². The highest BCUT2D eigenvalue weighted by atomic mass is 35.5. The Hall–Kier alpha value is -2.08. The number of rotatable bonds is 3. The third-order valence-corrected chi connectivity index (χ3v) is 2.65. The maximum atomic E-state index is 11.3. The number of nitrogens with zero attached hydrogens (tertiary/aromatic N) is 2. The van der Waals surface area contributed by atoms with Gasteiger partial charge in [-0.25, -0.2) is 0 Å². The van der Waals surface area contributed by atoms with Crippen molar-refractivity contribution in [2.45, 2.75) is 0 Å². The largest absolute Gasteiger partial charge is 0.454 e. The topological polar surface area (TPSA) is 74.5 Å². The number of carbonyl (C=O) groups excluding carboxylic acids is 1. The lowest BCUT2D eigenvalue weighted by molar-refractivity contribution is 0.0985. The molecule has 92 valence electrons. The van der Waals surface area contributed by atoms with Crippen molar-refractivity contribution in [3.8, 4) is 23.0 Å². The van der Waals surface area contributed by atoms with Crippen LogP contribution < -0.4 is 9.47 Å². The summed E-state index contributed by atoms with van der Waals surface area (Å²) in [4.78, 5) is 11.3. The Balaban J connectivity index is 1.95. The van der Waals surface area contributed by atoms with Gasteiger partial charge in [-0.3, -0.25) is 4.79 Å². The number of ketones is 1. The minimum absolute atomic E-state index is 0.0994. The van der Waals surface area contributed by atoms with E-state index in [2.05, 4.69) is 10.2 Å². The second-order valence-corrected chi connectivity index (χ2v) is 3.80. The summed E-state index contributed by atoms with van der Waals surface area (Å²) in [5.74, 6) is 0.810. The molecule has 1 aromatic carbocycles. The van der Waals surface area contributed by atoms with Gasteiger partial charge in [0.05, 0.1) is 5.88 Å². The van der Waals surface area contributed by atoms with E-state index in [0.29, 0.717) is 17.1 Å². The van der Waals surface area contributed by atoms with Gasteiger partial charge in [-0.1, -0.05) is 0 Å². The fourth-order valence-electron chi connectivity index (χ4n) is 1.54. The maximum absolute atomic E-state index is 11.3. The number of halogens is 1. The summed E-state index contributed by atoms with van der Waals surface area (Å²) >= 11 is 5.40. The van der Waals surface area contributed by atoms with Crippen LogP contribution >= 0.6 is 11.6 Å². The molecule has 0 N–H and O–H groups in total. The van der Waals surface area contributed by atoms with E-state index in [0.717, 1.165) is 0 Å². The summed E-state index contributed by atoms with van der Waals surface area (Å²) in [6, 6.07) is 5.20. The van der Waals surface area contributed by atoms with Crippen LogP contribution in [0, 0.1) is 0 Å². The zero-order chi connectivity index (χ0) is 12.5. The second kappa shape index (κ2) is 4.30. The van der Waals surface area contributed by atoms with E-state index < -0.39 is 5.78 Å². The molecule has 0 spiro atoms. The van der Waals surface area contributed by atoms with Crippen LogP contribution in [0.1, 0.15) is 10.7 Å². The Morgan fingerprint density at radius 2 is 2.11 bits per heavy atom. The smallest absolute Gasteiger partial charge is 0.285 e. The molecule has 0 saturated heterocycles. The van der Waals surface area contributed by atoms with E-state index in [1.807, 2.05) is 0 Å². The van der Waals surface area contributed by atoms with Gasteiger partial charge in [-0.05, 0) is 18.2 Å². The number of alkyl halides is 1. The number of benzene rings is 1. The summed E-state index contributed by atoms with van der Waals surface area (Å²) in [5.41, 5.74) is 0.653. The number of Topliss-reactive ketones (excluding diaryl/α,β-unsaturated/α-hetero) is 1. The van der Waals surface area contributed by atoms with Crippen LogP contribution in [0.5, 0.6) is 11.5 Å². The minimum atomic E-state index is -0.406. The minimum Gasteiger partial charge on any atom is -0.454 e. The Kier molecular flexibility index (Phi) is 2.64. The van der Waals surface area contributed by atoms with Gasteiger partial charge in [0.1, 0.15) is 0 Å². The molecule has 6 nitrogen and oxygen atoms in total. The maximum Gasteiger partial charge on any atom is 0.285 e. The first-order chi connectivity index (χ1) is 8.78. The van der Waals surface area contributed by atoms with Crippen molar-refractivity contribution in [2.75, 3.05) is 12.7 Å². The Morgan fingerprint density at radius 3 is 2.94 bits per heavy atom. The molecule has 0 atom stereocenters. The van der Waals surface area contributed by atoms with Gasteiger partial charge in [-0.15, -0.1) is 21.8 Å². The monoisotopic (exact) mass is 266 g/mol. The first-order valence-electron chi connectivity index (χ1n) is 5.10. The number of fused-ring (bicyclic) bond motifs is 1. The van der Waals surface area contributed by atoms with Crippen molar-refractivity contribution >= 4 is 17.4 Å². The number of carbonyl (C=O) groups is 1. The molecular formula is C11H7ClN2O4. The number of aromatic nitrogens is 2. The van der Waals surface area contributed by atoms with Crippen LogP contribution in [0.3, 0.4) is 0 Å². The predicted molar refractivity (Wildman–Crippen MR) is 60.9 cm³/mol. The van der Waals surface area contributed by atoms with Crippen LogP contribution in [0.25, 0.3) is 11.5 Å². The van der Waals surface area contributed by atoms with Crippen molar-refractivity contribution in [2.24, 2.45) is 0 Å². The summed E-state index contributed by atoms with van der Waals surface area (Å²) in [6.07, 6.45) is 0. The third kappa shape index (κ3) is 1.80. The first-order valence-corrected chi connectivity index (χ1v) is 5.64. The van der Waals surface area contributed by atoms with Gasteiger partial charge in [0, 0.05) is 5.56 Å². The van der Waals surface area contributed by atoms with Crippen LogP contribution in [-0.2, 0) is 0 Å². The SMILES string of the molecule is O=C(CCl)c1nnc(-c2ccc3c(c2)OCO3)o1. The van der Waals surface area contributed by atoms with Crippen molar-refractivity contribution in [3.05, 3.63) is 24.1 Å². The first kappa shape index (κ1) is 11.0. The lowest BCUT2D eigenvalue weighted by Gasteiger charge is -1.97. The molecule has 1 aliphatic rings. The molecule has 1 aromatic heterocycles. The summed E-state index contributed by atoms with van der Waals surface area (Å²) < 4.78 is 15.7. The average Bonchev–Trinajstić information content (AvgIpc) is 3.05. The van der Waals surface area contributed by atoms with Gasteiger partial charge < -0.3 is 13.9 Å². The Bertz CT molecular complexity index is 611. The molecule has 0 fully saturated rings.